The molecule has 0 fully saturated rings. The van der Waals surface area contributed by atoms with Crippen LogP contribution in [0.4, 0.5) is 10.5 Å². The Bertz CT molecular complexity index is 1020. The van der Waals surface area contributed by atoms with E-state index >= 15 is 0 Å². The van der Waals surface area contributed by atoms with Crippen LogP contribution in [0.15, 0.2) is 24.3 Å². The van der Waals surface area contributed by atoms with Gasteiger partial charge in [0.05, 0.1) is 13.2 Å². The van der Waals surface area contributed by atoms with Crippen LogP contribution in [0.2, 0.25) is 0 Å². The summed E-state index contributed by atoms with van der Waals surface area (Å²) in [6, 6.07) is 5.15. The summed E-state index contributed by atoms with van der Waals surface area (Å²) in [5.41, 5.74) is 8.75. The van der Waals surface area contributed by atoms with Gasteiger partial charge in [-0.1, -0.05) is 58.6 Å². The van der Waals surface area contributed by atoms with Crippen molar-refractivity contribution in [1.82, 2.24) is 21.4 Å². The quantitative estimate of drug-likeness (QED) is 0.0894. The molecule has 1 rings (SSSR count). The summed E-state index contributed by atoms with van der Waals surface area (Å²) >= 11 is 0. The number of amides is 6. The van der Waals surface area contributed by atoms with Crippen LogP contribution in [0.5, 0.6) is 0 Å². The lowest BCUT2D eigenvalue weighted by atomic mass is 10.1. The van der Waals surface area contributed by atoms with Crippen LogP contribution in [0.25, 0.3) is 0 Å². The van der Waals surface area contributed by atoms with Gasteiger partial charge in [0, 0.05) is 31.5 Å². The zero-order chi connectivity index (χ0) is 33.2. The third kappa shape index (κ3) is 22.6. The second kappa shape index (κ2) is 25.5. The molecule has 1 unspecified atom stereocenters. The molecule has 0 heterocycles. The van der Waals surface area contributed by atoms with Gasteiger partial charge in [0.2, 0.25) is 23.6 Å². The summed E-state index contributed by atoms with van der Waals surface area (Å²) in [7, 11) is 0. The molecule has 0 saturated heterocycles. The maximum atomic E-state index is 12.9. The average molecular weight is 621 g/mol. The largest absolute Gasteiger partial charge is 0.352 e. The van der Waals surface area contributed by atoms with Crippen molar-refractivity contribution in [2.24, 2.45) is 5.73 Å². The molecule has 1 atom stereocenters. The number of ketones is 1. The summed E-state index contributed by atoms with van der Waals surface area (Å²) in [6.07, 6.45) is 7.03. The highest BCUT2D eigenvalue weighted by Crippen LogP contribution is 2.12. The molecule has 248 valence electrons. The van der Waals surface area contributed by atoms with Gasteiger partial charge in [-0.2, -0.15) is 0 Å². The molecule has 0 aliphatic rings. The third-order valence-corrected chi connectivity index (χ3v) is 5.90. The Balaban J connectivity index is 0.00000590. The van der Waals surface area contributed by atoms with Gasteiger partial charge in [-0.05, 0) is 50.3 Å². The molecule has 0 radical (unpaired) electrons. The Morgan fingerprint density at radius 2 is 1.45 bits per heavy atom. The summed E-state index contributed by atoms with van der Waals surface area (Å²) in [5, 5.41) is 10.2. The van der Waals surface area contributed by atoms with E-state index < -0.39 is 23.9 Å². The first-order valence-corrected chi connectivity index (χ1v) is 15.4. The molecule has 13 heteroatoms. The number of carbonyl (C=O) groups excluding carboxylic acids is 6. The molecule has 0 bridgehead atoms. The highest BCUT2D eigenvalue weighted by Gasteiger charge is 2.21. The Labute approximate surface area is 261 Å². The summed E-state index contributed by atoms with van der Waals surface area (Å²) in [5.74, 6) is -1.60. The van der Waals surface area contributed by atoms with E-state index in [-0.39, 0.29) is 56.6 Å². The standard InChI is InChI=1S/C28H44N6O7.C3H8/c1-3-4-5-6-11-25(37)34-41-19-21-13-15-22(16-14-21)32-27(39)23(10-8-17-30-28(29)40)33-26(38)18-31-24(36)12-7-9-20(2)35;1-3-2/h13-16,23H,3-12,17-19H2,1-2H3,(H,31,36)(H,32,39)(H,33,38)(H,34,37)(H3,29,30,40);3H2,1-2H3. The van der Waals surface area contributed by atoms with Crippen LogP contribution < -0.4 is 32.5 Å². The third-order valence-electron chi connectivity index (χ3n) is 5.90. The first-order valence-electron chi connectivity index (χ1n) is 15.4. The zero-order valence-corrected chi connectivity index (χ0v) is 26.7. The lowest BCUT2D eigenvalue weighted by Crippen LogP contribution is -2.47. The molecule has 6 amide bonds. The summed E-state index contributed by atoms with van der Waals surface area (Å²) in [6.45, 7) is 7.84. The van der Waals surface area contributed by atoms with Crippen molar-refractivity contribution >= 4 is 41.1 Å². The number of benzene rings is 1. The Morgan fingerprint density at radius 3 is 2.07 bits per heavy atom. The molecule has 44 heavy (non-hydrogen) atoms. The fraction of sp³-hybridized carbons (Fsp3) is 0.613. The second-order valence-corrected chi connectivity index (χ2v) is 10.4. The number of hydroxylamine groups is 1. The van der Waals surface area contributed by atoms with E-state index in [1.54, 1.807) is 24.3 Å². The van der Waals surface area contributed by atoms with Gasteiger partial charge in [-0.25, -0.2) is 10.3 Å². The van der Waals surface area contributed by atoms with Crippen LogP contribution in [0.1, 0.15) is 104 Å². The van der Waals surface area contributed by atoms with Gasteiger partial charge in [-0.3, -0.25) is 24.0 Å². The van der Waals surface area contributed by atoms with Crippen molar-refractivity contribution in [3.05, 3.63) is 29.8 Å². The minimum absolute atomic E-state index is 0.0183. The van der Waals surface area contributed by atoms with E-state index in [4.69, 9.17) is 10.6 Å². The average Bonchev–Trinajstić information content (AvgIpc) is 2.97. The molecular weight excluding hydrogens is 568 g/mol. The van der Waals surface area contributed by atoms with Crippen LogP contribution in [0.3, 0.4) is 0 Å². The van der Waals surface area contributed by atoms with Crippen molar-refractivity contribution in [3.8, 4) is 0 Å². The fourth-order valence-electron chi connectivity index (χ4n) is 3.67. The highest BCUT2D eigenvalue weighted by atomic mass is 16.6. The van der Waals surface area contributed by atoms with E-state index in [9.17, 15) is 28.8 Å². The number of nitrogens with one attached hydrogen (secondary N) is 5. The van der Waals surface area contributed by atoms with E-state index in [0.717, 1.165) is 31.2 Å². The van der Waals surface area contributed by atoms with E-state index in [2.05, 4.69) is 47.5 Å². The number of carbonyl (C=O) groups is 6. The van der Waals surface area contributed by atoms with Crippen LogP contribution in [0, 0.1) is 0 Å². The van der Waals surface area contributed by atoms with Crippen LogP contribution in [-0.2, 0) is 35.4 Å². The number of hydrogen-bond acceptors (Lipinski definition) is 7. The van der Waals surface area contributed by atoms with Gasteiger partial charge in [-0.15, -0.1) is 0 Å². The van der Waals surface area contributed by atoms with Gasteiger partial charge in [0.1, 0.15) is 11.8 Å². The minimum Gasteiger partial charge on any atom is -0.352 e. The Hall–Kier alpha value is -4.00. The first kappa shape index (κ1) is 40.0. The van der Waals surface area contributed by atoms with E-state index in [0.29, 0.717) is 24.9 Å². The predicted octanol–water partition coefficient (Wildman–Crippen LogP) is 3.37. The van der Waals surface area contributed by atoms with Crippen molar-refractivity contribution in [1.29, 1.82) is 0 Å². The number of anilines is 1. The van der Waals surface area contributed by atoms with Crippen LogP contribution >= 0.6 is 0 Å². The molecule has 1 aromatic rings. The Morgan fingerprint density at radius 1 is 0.795 bits per heavy atom. The smallest absolute Gasteiger partial charge is 0.312 e. The van der Waals surface area contributed by atoms with Gasteiger partial charge in [0.25, 0.3) is 0 Å². The van der Waals surface area contributed by atoms with Crippen molar-refractivity contribution in [2.45, 2.75) is 111 Å². The van der Waals surface area contributed by atoms with Gasteiger partial charge in [0.15, 0.2) is 0 Å². The number of unbranched alkanes of at least 4 members (excludes halogenated alkanes) is 3. The first-order chi connectivity index (χ1) is 21.0. The fourth-order valence-corrected chi connectivity index (χ4v) is 3.67. The lowest BCUT2D eigenvalue weighted by Gasteiger charge is -2.19. The van der Waals surface area contributed by atoms with E-state index in [1.807, 2.05) is 0 Å². The predicted molar refractivity (Wildman–Crippen MR) is 169 cm³/mol. The SMILES string of the molecule is CCC.CCCCCCC(=O)NOCc1ccc(NC(=O)C(CCCNC(N)=O)NC(=O)CNC(=O)CCCC(C)=O)cc1. The summed E-state index contributed by atoms with van der Waals surface area (Å²) in [4.78, 5) is 76.3. The monoisotopic (exact) mass is 620 g/mol. The maximum Gasteiger partial charge on any atom is 0.312 e. The number of hydrogen-bond donors (Lipinski definition) is 6. The van der Waals surface area contributed by atoms with Gasteiger partial charge >= 0.3 is 6.03 Å². The zero-order valence-electron chi connectivity index (χ0n) is 26.7. The molecular formula is C31H52N6O7. The minimum atomic E-state index is -0.942. The van der Waals surface area contributed by atoms with E-state index in [1.165, 1.54) is 13.3 Å². The number of rotatable bonds is 21. The highest BCUT2D eigenvalue weighted by molar-refractivity contribution is 5.97. The molecule has 1 aromatic carbocycles. The molecule has 13 nitrogen and oxygen atoms in total. The van der Waals surface area contributed by atoms with Crippen molar-refractivity contribution in [2.75, 3.05) is 18.4 Å². The number of Topliss-reactive ketones (excluding diaryl/α,β-unsaturated/α-hetero) is 1. The molecule has 0 spiro atoms. The normalized spacial score (nSPS) is 10.8. The Kier molecular flexibility index (Phi) is 23.2. The second-order valence-electron chi connectivity index (χ2n) is 10.4. The number of primary amides is 1. The number of nitrogens with two attached hydrogens (primary N) is 1. The molecule has 0 aromatic heterocycles. The maximum absolute atomic E-state index is 12.9. The lowest BCUT2D eigenvalue weighted by molar-refractivity contribution is -0.134. The molecule has 0 aliphatic carbocycles. The molecule has 7 N–H and O–H groups in total. The number of urea groups is 1. The molecule has 0 saturated carbocycles. The van der Waals surface area contributed by atoms with Crippen molar-refractivity contribution in [3.63, 3.8) is 0 Å². The topological polar surface area (TPSA) is 198 Å². The van der Waals surface area contributed by atoms with Gasteiger partial charge < -0.3 is 31.8 Å². The summed E-state index contributed by atoms with van der Waals surface area (Å²) < 4.78 is 0. The molecule has 0 aliphatic heterocycles. The van der Waals surface area contributed by atoms with Crippen molar-refractivity contribution < 1.29 is 33.6 Å². The van der Waals surface area contributed by atoms with Crippen LogP contribution in [-0.4, -0.2) is 54.6 Å².